The van der Waals surface area contributed by atoms with Gasteiger partial charge in [-0.1, -0.05) is 0 Å². The Kier molecular flexibility index (Phi) is 13.4. The van der Waals surface area contributed by atoms with Crippen LogP contribution in [-0.2, 0) is 62.0 Å². The zero-order valence-corrected chi connectivity index (χ0v) is 43.1. The molecule has 11 fully saturated rings. The molecule has 14 nitrogen and oxygen atoms in total. The van der Waals surface area contributed by atoms with Crippen molar-refractivity contribution < 1.29 is 62.0 Å². The molecule has 62 heavy (non-hydrogen) atoms. The molecule has 0 bridgehead atoms. The minimum Gasteiger partial charge on any atom is -0.397 e. The second kappa shape index (κ2) is 18.4. The van der Waals surface area contributed by atoms with Gasteiger partial charge in [0.15, 0.2) is 0 Å². The second-order valence-corrected chi connectivity index (χ2v) is 36.2. The van der Waals surface area contributed by atoms with Crippen molar-refractivity contribution >= 4 is 44.5 Å². The fraction of sp³-hybridized carbons (Fsp3) is 1.00. The molecule has 0 spiro atoms. The van der Waals surface area contributed by atoms with Gasteiger partial charge >= 0.3 is 44.5 Å². The molecule has 11 aliphatic rings. The molecule has 6 saturated heterocycles. The molecule has 19 heteroatoms. The minimum absolute atomic E-state index is 0.345. The van der Waals surface area contributed by atoms with E-state index in [0.29, 0.717) is 109 Å². The first kappa shape index (κ1) is 45.0. The highest BCUT2D eigenvalue weighted by atomic mass is 28.6. The zero-order chi connectivity index (χ0) is 42.1. The Labute approximate surface area is 376 Å². The van der Waals surface area contributed by atoms with Gasteiger partial charge in [-0.25, -0.2) is 0 Å². The van der Waals surface area contributed by atoms with Crippen molar-refractivity contribution in [1.29, 1.82) is 0 Å². The highest BCUT2D eigenvalue weighted by Crippen LogP contribution is 2.49. The Morgan fingerprint density at radius 1 is 0.468 bits per heavy atom. The van der Waals surface area contributed by atoms with Crippen LogP contribution in [0, 0.1) is 29.6 Å². The summed E-state index contributed by atoms with van der Waals surface area (Å²) in [5.41, 5.74) is 0. The van der Waals surface area contributed by atoms with Crippen LogP contribution in [0.25, 0.3) is 0 Å². The lowest BCUT2D eigenvalue weighted by molar-refractivity contribution is 0.0558. The number of ether oxygens (including phenoxy) is 5. The third-order valence-electron chi connectivity index (χ3n) is 17.3. The third kappa shape index (κ3) is 10.4. The standard InChI is InChI=1S/C43H76O14Si5/c1-44-59(20-16-30-6-11-35-40(24-30)49-35)53-58(19-15-29-5-10-34-39(23-29)48-34)54-61(55-59,22-18-32-8-13-37-42(26-32)51-37)56-60(45-2,21-17-31-7-12-36-41(25-31)50-36)57-62(46-3,47-4)28-33-9-14-38-43(27-33)52-38/h29-43,58H,5-28H2,1-4H3. The SMILES string of the molecule is CO[Si](CC1CCC2OC2C1)(OC)O[Si](CCC1CCC2OC2C1)(OC)O[Si]1(CCC2CCC3OC3C2)O[SiH](CCC2CCC3OC3C2)O[Si](CCC2CCC3OC3C2)(OC)O1. The van der Waals surface area contributed by atoms with Crippen LogP contribution in [0.15, 0.2) is 0 Å². The van der Waals surface area contributed by atoms with Crippen molar-refractivity contribution in [2.75, 3.05) is 28.4 Å². The first-order valence-corrected chi connectivity index (χ1v) is 34.6. The Hall–Kier alpha value is 0.524. The molecular weight excluding hydrogens is 881 g/mol. The van der Waals surface area contributed by atoms with E-state index in [1.54, 1.807) is 21.3 Å². The Bertz CT molecular complexity index is 1560. The van der Waals surface area contributed by atoms with Gasteiger partial charge in [0.2, 0.25) is 0 Å². The minimum atomic E-state index is -3.68. The smallest absolute Gasteiger partial charge is 0.397 e. The maximum Gasteiger partial charge on any atom is 0.493 e. The van der Waals surface area contributed by atoms with Gasteiger partial charge in [0.1, 0.15) is 0 Å². The van der Waals surface area contributed by atoms with Gasteiger partial charge < -0.3 is 62.0 Å². The van der Waals surface area contributed by atoms with E-state index in [2.05, 4.69) is 0 Å². The van der Waals surface area contributed by atoms with Crippen LogP contribution in [0.5, 0.6) is 0 Å². The molecular formula is C43H76O14Si5. The quantitative estimate of drug-likeness (QED) is 0.0808. The molecule has 0 amide bonds. The highest BCUT2D eigenvalue weighted by molar-refractivity contribution is 6.89. The molecule has 19 unspecified atom stereocenters. The van der Waals surface area contributed by atoms with Gasteiger partial charge in [0.25, 0.3) is 0 Å². The third-order valence-corrected chi connectivity index (χ3v) is 36.8. The summed E-state index contributed by atoms with van der Waals surface area (Å²) in [6.45, 7) is 0. The lowest BCUT2D eigenvalue weighted by atomic mass is 9.88. The molecule has 0 radical (unpaired) electrons. The lowest BCUT2D eigenvalue weighted by Gasteiger charge is -2.49. The second-order valence-electron chi connectivity index (χ2n) is 21.4. The molecule has 5 aliphatic carbocycles. The van der Waals surface area contributed by atoms with Gasteiger partial charge in [0.05, 0.1) is 61.0 Å². The van der Waals surface area contributed by atoms with Crippen molar-refractivity contribution in [3.05, 3.63) is 0 Å². The van der Waals surface area contributed by atoms with Gasteiger partial charge in [-0.3, -0.25) is 0 Å². The topological polar surface area (TPSA) is 146 Å². The molecule has 0 aromatic heterocycles. The summed E-state index contributed by atoms with van der Waals surface area (Å²) in [5.74, 6) is 2.59. The van der Waals surface area contributed by atoms with Crippen molar-refractivity contribution in [2.45, 2.75) is 213 Å². The highest BCUT2D eigenvalue weighted by Gasteiger charge is 2.66. The first-order chi connectivity index (χ1) is 30.2. The van der Waals surface area contributed by atoms with Crippen LogP contribution in [0.4, 0.5) is 0 Å². The molecule has 19 atom stereocenters. The summed E-state index contributed by atoms with van der Waals surface area (Å²) in [5, 5.41) is 0. The normalized spacial score (nSPS) is 48.4. The largest absolute Gasteiger partial charge is 0.493 e. The molecule has 352 valence electrons. The molecule has 11 rings (SSSR count). The van der Waals surface area contributed by atoms with E-state index < -0.39 is 44.5 Å². The summed E-state index contributed by atoms with van der Waals surface area (Å²) in [7, 11) is -9.25. The molecule has 0 N–H and O–H groups in total. The summed E-state index contributed by atoms with van der Waals surface area (Å²) >= 11 is 0. The van der Waals surface area contributed by atoms with Crippen LogP contribution < -0.4 is 0 Å². The van der Waals surface area contributed by atoms with Crippen LogP contribution >= 0.6 is 0 Å². The van der Waals surface area contributed by atoms with E-state index in [1.165, 1.54) is 19.3 Å². The molecule has 6 aliphatic heterocycles. The summed E-state index contributed by atoms with van der Waals surface area (Å²) in [6, 6.07) is 3.68. The first-order valence-electron chi connectivity index (χ1n) is 25.1. The maximum absolute atomic E-state index is 7.91. The van der Waals surface area contributed by atoms with Gasteiger partial charge in [-0.15, -0.1) is 0 Å². The van der Waals surface area contributed by atoms with Gasteiger partial charge in [0, 0.05) is 52.6 Å². The van der Waals surface area contributed by atoms with Crippen molar-refractivity contribution in [1.82, 2.24) is 0 Å². The number of hydrogen-bond acceptors (Lipinski definition) is 14. The van der Waals surface area contributed by atoms with Crippen molar-refractivity contribution in [2.24, 2.45) is 29.6 Å². The molecule has 0 aromatic rings. The number of epoxide rings is 5. The fourth-order valence-electron chi connectivity index (χ4n) is 13.0. The average Bonchev–Trinajstić information content (AvgIpc) is 4.06. The predicted octanol–water partition coefficient (Wildman–Crippen LogP) is 7.04. The van der Waals surface area contributed by atoms with Gasteiger partial charge in [-0.05, 0) is 158 Å². The zero-order valence-electron chi connectivity index (χ0n) is 37.9. The Morgan fingerprint density at radius 3 is 1.35 bits per heavy atom. The van der Waals surface area contributed by atoms with E-state index in [0.717, 1.165) is 115 Å². The number of hydrogen-bond donors (Lipinski definition) is 0. The summed E-state index contributed by atoms with van der Waals surface area (Å²) in [4.78, 5) is 0. The van der Waals surface area contributed by atoms with Crippen molar-refractivity contribution in [3.63, 3.8) is 0 Å². The molecule has 6 heterocycles. The van der Waals surface area contributed by atoms with Crippen LogP contribution in [0.2, 0.25) is 30.2 Å². The van der Waals surface area contributed by atoms with Crippen LogP contribution in [0.3, 0.4) is 0 Å². The van der Waals surface area contributed by atoms with E-state index in [-0.39, 0.29) is 0 Å². The van der Waals surface area contributed by atoms with E-state index >= 15 is 0 Å². The summed E-state index contributed by atoms with van der Waals surface area (Å²) in [6.07, 6.45) is 25.0. The Balaban J connectivity index is 0.906. The van der Waals surface area contributed by atoms with Gasteiger partial charge in [-0.2, -0.15) is 0 Å². The lowest BCUT2D eigenvalue weighted by Crippen LogP contribution is -2.71. The summed E-state index contributed by atoms with van der Waals surface area (Å²) < 4.78 is 94.5. The number of fused-ring (bicyclic) bond motifs is 5. The van der Waals surface area contributed by atoms with E-state index in [4.69, 9.17) is 62.0 Å². The van der Waals surface area contributed by atoms with Crippen LogP contribution in [-0.4, -0.2) is 134 Å². The Morgan fingerprint density at radius 2 is 0.887 bits per heavy atom. The predicted molar refractivity (Wildman–Crippen MR) is 236 cm³/mol. The molecule has 5 saturated carbocycles. The maximum atomic E-state index is 7.91. The van der Waals surface area contributed by atoms with Crippen molar-refractivity contribution in [3.8, 4) is 0 Å². The number of rotatable bonds is 22. The molecule has 0 aromatic carbocycles. The van der Waals surface area contributed by atoms with Crippen LogP contribution in [0.1, 0.15) is 122 Å². The fourth-order valence-corrected chi connectivity index (χ4v) is 36.8. The average molecular weight is 957 g/mol. The van der Waals surface area contributed by atoms with E-state index in [9.17, 15) is 0 Å². The van der Waals surface area contributed by atoms with E-state index in [1.807, 2.05) is 7.11 Å². The monoisotopic (exact) mass is 956 g/mol.